The molecule has 0 aromatic rings. The van der Waals surface area contributed by atoms with Gasteiger partial charge in [-0.1, -0.05) is 0 Å². The van der Waals surface area contributed by atoms with Crippen molar-refractivity contribution in [3.63, 3.8) is 0 Å². The van der Waals surface area contributed by atoms with Gasteiger partial charge in [0.25, 0.3) is 0 Å². The zero-order valence-electron chi connectivity index (χ0n) is 3.36. The third kappa shape index (κ3) is 237. The summed E-state index contributed by atoms with van der Waals surface area (Å²) in [5, 5.41) is 0. The fourth-order valence-corrected chi connectivity index (χ4v) is 0. The first-order valence-corrected chi connectivity index (χ1v) is 0. The summed E-state index contributed by atoms with van der Waals surface area (Å²) in [5.41, 5.74) is 0. The molecule has 0 aromatic carbocycles. The first kappa shape index (κ1) is 538. The summed E-state index contributed by atoms with van der Waals surface area (Å²) in [6.07, 6.45) is 0. The summed E-state index contributed by atoms with van der Waals surface area (Å²) >= 11 is 0. The second-order valence-corrected chi connectivity index (χ2v) is 0. The van der Waals surface area contributed by atoms with Crippen molar-refractivity contribution >= 4 is 0 Å². The van der Waals surface area contributed by atoms with Crippen molar-refractivity contribution in [3.05, 3.63) is 0 Å². The Balaban J connectivity index is 0. The molecule has 0 saturated heterocycles. The summed E-state index contributed by atoms with van der Waals surface area (Å²) in [6, 6.07) is 0. The van der Waals surface area contributed by atoms with Gasteiger partial charge in [-0.2, -0.15) is 0 Å². The maximum atomic E-state index is 0. The Morgan fingerprint density at radius 1 is 0.500 bits per heavy atom. The van der Waals surface area contributed by atoms with Crippen LogP contribution in [0.1, 0.15) is 0 Å². The van der Waals surface area contributed by atoms with Crippen molar-refractivity contribution in [1.29, 1.82) is 0 Å². The molecule has 52 valence electrons. The van der Waals surface area contributed by atoms with Crippen molar-refractivity contribution in [1.82, 2.24) is 24.6 Å². The van der Waals surface area contributed by atoms with E-state index in [9.17, 15) is 0 Å². The summed E-state index contributed by atoms with van der Waals surface area (Å²) < 4.78 is 0. The molecule has 0 unspecified atom stereocenters. The number of nitrogens with zero attached hydrogens (tertiary/aromatic N) is 4. The van der Waals surface area contributed by atoms with Gasteiger partial charge in [-0.3, -0.25) is 0 Å². The number of hydrogen-bond acceptors (Lipinski definition) is 0. The third-order valence-electron chi connectivity index (χ3n) is 0. The Kier molecular flexibility index (Phi) is 24700. The van der Waals surface area contributed by atoms with Gasteiger partial charge in [0.15, 0.2) is 0 Å². The van der Waals surface area contributed by atoms with E-state index in [-0.39, 0.29) is 75.3 Å². The molecular weight excluding hydrogens is 249 g/mol. The molecule has 12 radical (unpaired) electrons. The van der Waals surface area contributed by atoms with Crippen molar-refractivity contribution in [2.24, 2.45) is 0 Å². The summed E-state index contributed by atoms with van der Waals surface area (Å²) in [4.78, 5) is 0. The van der Waals surface area contributed by atoms with Gasteiger partial charge in [0, 0.05) is 24.6 Å². The SMILES string of the molecule is O.[Cl-].[Cl-].[N].[N].[N].[N].[Pd+2]. The van der Waals surface area contributed by atoms with Crippen LogP contribution in [-0.2, 0) is 20.4 Å². The van der Waals surface area contributed by atoms with Crippen LogP contribution in [0.3, 0.4) is 0 Å². The molecule has 0 spiro atoms. The Morgan fingerprint density at radius 3 is 0.500 bits per heavy atom. The molecule has 8 heteroatoms. The van der Waals surface area contributed by atoms with Gasteiger partial charge >= 0.3 is 20.4 Å². The van der Waals surface area contributed by atoms with E-state index in [2.05, 4.69) is 0 Å². The first-order valence-electron chi connectivity index (χ1n) is 0. The van der Waals surface area contributed by atoms with E-state index >= 15 is 0 Å². The minimum absolute atomic E-state index is 0. The molecule has 5 nitrogen and oxygen atoms in total. The average Bonchev–Trinajstić information content (AvgIpc) is 0. The maximum absolute atomic E-state index is 0. The van der Waals surface area contributed by atoms with Gasteiger partial charge in [-0.15, -0.1) is 0 Å². The van der Waals surface area contributed by atoms with Crippen LogP contribution in [0.4, 0.5) is 0 Å². The van der Waals surface area contributed by atoms with Crippen LogP contribution in [0.5, 0.6) is 0 Å². The van der Waals surface area contributed by atoms with Crippen molar-refractivity contribution in [2.45, 2.75) is 0 Å². The molecule has 0 fully saturated rings. The Morgan fingerprint density at radius 2 is 0.500 bits per heavy atom. The van der Waals surface area contributed by atoms with Crippen LogP contribution in [0, 0.1) is 0 Å². The molecule has 0 saturated carbocycles. The molecule has 2 N–H and O–H groups in total. The predicted octanol–water partition coefficient (Wildman–Crippen LogP) is -8.74. The third-order valence-corrected chi connectivity index (χ3v) is 0. The zero-order chi connectivity index (χ0) is 0. The summed E-state index contributed by atoms with van der Waals surface area (Å²) in [6.45, 7) is 0. The van der Waals surface area contributed by atoms with Crippen LogP contribution in [0.2, 0.25) is 0 Å². The van der Waals surface area contributed by atoms with Gasteiger partial charge in [0.2, 0.25) is 0 Å². The van der Waals surface area contributed by atoms with Crippen molar-refractivity contribution in [3.8, 4) is 0 Å². The van der Waals surface area contributed by atoms with Crippen molar-refractivity contribution in [2.75, 3.05) is 0 Å². The molecule has 0 aliphatic heterocycles. The minimum Gasteiger partial charge on any atom is -1.00 e. The van der Waals surface area contributed by atoms with E-state index in [0.717, 1.165) is 0 Å². The fraction of sp³-hybridized carbons (Fsp3) is 0. The summed E-state index contributed by atoms with van der Waals surface area (Å²) in [7, 11) is 0. The molecule has 0 aliphatic carbocycles. The molecule has 0 atom stereocenters. The number of rotatable bonds is 0. The molecule has 0 heterocycles. The topological polar surface area (TPSA) is 154 Å². The van der Waals surface area contributed by atoms with Gasteiger partial charge in [0.05, 0.1) is 0 Å². The van der Waals surface area contributed by atoms with Crippen molar-refractivity contribution < 1.29 is 50.7 Å². The molecule has 0 bridgehead atoms. The molecule has 0 aliphatic rings. The minimum atomic E-state index is 0. The molecule has 0 rings (SSSR count). The second-order valence-electron chi connectivity index (χ2n) is 0. The monoisotopic (exact) mass is 250 g/mol. The first-order chi connectivity index (χ1) is 0. The molecule has 0 amide bonds. The quantitative estimate of drug-likeness (QED) is 0.375. The van der Waals surface area contributed by atoms with E-state index in [1.807, 2.05) is 0 Å². The van der Waals surface area contributed by atoms with Crippen LogP contribution in [0.25, 0.3) is 0 Å². The van der Waals surface area contributed by atoms with Gasteiger partial charge in [-0.05, 0) is 0 Å². The van der Waals surface area contributed by atoms with E-state index < -0.39 is 0 Å². The fourth-order valence-electron chi connectivity index (χ4n) is 0. The maximum Gasteiger partial charge on any atom is 2.00 e. The Labute approximate surface area is 75.5 Å². The van der Waals surface area contributed by atoms with Crippen LogP contribution >= 0.6 is 0 Å². The molecule has 0 aromatic heterocycles. The standard InChI is InChI=1S/2ClH.4N.H2O.Pd/h2*1H;;;;;1H2;/q;;;;;;;+2/p-2. The van der Waals surface area contributed by atoms with E-state index in [1.165, 1.54) is 0 Å². The predicted molar refractivity (Wildman–Crippen MR) is 12.1 cm³/mol. The number of hydrogen-bond donors (Lipinski definition) is 0. The van der Waals surface area contributed by atoms with Gasteiger partial charge in [0.1, 0.15) is 0 Å². The van der Waals surface area contributed by atoms with Gasteiger partial charge < -0.3 is 30.3 Å². The molecule has 8 heavy (non-hydrogen) atoms. The normalized spacial score (nSPS) is 0. The largest absolute Gasteiger partial charge is 2.00 e. The molecular formula is H2Cl2N4OPd. The number of halogens is 2. The zero-order valence-corrected chi connectivity index (χ0v) is 6.43. The van der Waals surface area contributed by atoms with E-state index in [0.29, 0.717) is 0 Å². The Hall–Kier alpha value is 1.04. The Bertz CT molecular complexity index is 14.0. The summed E-state index contributed by atoms with van der Waals surface area (Å²) in [5.74, 6) is 0. The van der Waals surface area contributed by atoms with Gasteiger partial charge in [-0.25, -0.2) is 0 Å². The van der Waals surface area contributed by atoms with E-state index in [1.54, 1.807) is 0 Å². The van der Waals surface area contributed by atoms with Crippen LogP contribution in [0.15, 0.2) is 0 Å². The van der Waals surface area contributed by atoms with Crippen LogP contribution in [-0.4, -0.2) is 5.48 Å². The smallest absolute Gasteiger partial charge is 1.00 e. The second kappa shape index (κ2) is 367. The van der Waals surface area contributed by atoms with Crippen LogP contribution < -0.4 is 49.4 Å². The van der Waals surface area contributed by atoms with E-state index in [4.69, 9.17) is 0 Å². The average molecular weight is 251 g/mol.